The molecule has 4 aromatic rings. The molecule has 12 heteroatoms. The molecule has 2 N–H and O–H groups in total. The van der Waals surface area contributed by atoms with Gasteiger partial charge in [-0.15, -0.1) is 11.3 Å². The number of halogens is 3. The number of rotatable bonds is 8. The third-order valence-electron chi connectivity index (χ3n) is 7.71. The number of thiophene rings is 1. The van der Waals surface area contributed by atoms with Crippen molar-refractivity contribution in [2.75, 3.05) is 38.1 Å². The van der Waals surface area contributed by atoms with E-state index in [9.17, 15) is 18.0 Å². The van der Waals surface area contributed by atoms with Gasteiger partial charge in [0.15, 0.2) is 5.65 Å². The van der Waals surface area contributed by atoms with Crippen LogP contribution in [0, 0.1) is 6.92 Å². The van der Waals surface area contributed by atoms with Crippen LogP contribution < -0.4 is 10.1 Å². The second-order valence-electron chi connectivity index (χ2n) is 10.7. The number of aromatic nitrogens is 3. The lowest BCUT2D eigenvalue weighted by atomic mass is 10.0. The molecule has 0 spiro atoms. The van der Waals surface area contributed by atoms with E-state index in [2.05, 4.69) is 36.4 Å². The normalized spacial score (nSPS) is 16.3. The Morgan fingerprint density at radius 1 is 1.15 bits per heavy atom. The highest BCUT2D eigenvalue weighted by Gasteiger charge is 2.32. The largest absolute Gasteiger partial charge is 0.492 e. The average Bonchev–Trinajstić information content (AvgIpc) is 3.69. The Morgan fingerprint density at radius 2 is 1.98 bits per heavy atom. The van der Waals surface area contributed by atoms with Crippen LogP contribution in [0.1, 0.15) is 50.5 Å². The summed E-state index contributed by atoms with van der Waals surface area (Å²) in [6, 6.07) is 5.51. The fraction of sp³-hybridized carbons (Fsp3) is 0.414. The molecular formula is C29H31F3N6O2S. The van der Waals surface area contributed by atoms with Crippen LogP contribution in [0.3, 0.4) is 0 Å². The van der Waals surface area contributed by atoms with Crippen molar-refractivity contribution in [1.29, 1.82) is 0 Å². The zero-order valence-electron chi connectivity index (χ0n) is 22.7. The Kier molecular flexibility index (Phi) is 7.71. The molecule has 3 aromatic heterocycles. The molecule has 0 radical (unpaired) electrons. The van der Waals surface area contributed by atoms with Gasteiger partial charge in [-0.25, -0.2) is 4.98 Å². The number of carbonyl (C=O) groups is 1. The summed E-state index contributed by atoms with van der Waals surface area (Å²) in [5, 5.41) is 12.6. The van der Waals surface area contributed by atoms with Crippen LogP contribution >= 0.6 is 11.3 Å². The fourth-order valence-electron chi connectivity index (χ4n) is 5.54. The van der Waals surface area contributed by atoms with Gasteiger partial charge in [0.25, 0.3) is 5.91 Å². The van der Waals surface area contributed by atoms with Gasteiger partial charge >= 0.3 is 6.18 Å². The summed E-state index contributed by atoms with van der Waals surface area (Å²) in [4.78, 5) is 23.3. The first-order chi connectivity index (χ1) is 19.7. The van der Waals surface area contributed by atoms with Crippen molar-refractivity contribution in [3.05, 3.63) is 68.7 Å². The number of benzene rings is 1. The molecule has 1 saturated heterocycles. The van der Waals surface area contributed by atoms with Crippen LogP contribution in [-0.2, 0) is 25.7 Å². The van der Waals surface area contributed by atoms with Crippen molar-refractivity contribution in [3.63, 3.8) is 0 Å². The summed E-state index contributed by atoms with van der Waals surface area (Å²) in [6.07, 6.45) is 0.222. The second-order valence-corrected chi connectivity index (χ2v) is 11.6. The molecule has 0 atom stereocenters. The first-order valence-electron chi connectivity index (χ1n) is 13.7. The van der Waals surface area contributed by atoms with Crippen LogP contribution in [0.15, 0.2) is 35.8 Å². The summed E-state index contributed by atoms with van der Waals surface area (Å²) in [5.74, 6) is -0.320. The number of hydrogen-bond donors (Lipinski definition) is 2. The Labute approximate surface area is 239 Å². The van der Waals surface area contributed by atoms with Crippen molar-refractivity contribution < 1.29 is 22.7 Å². The third kappa shape index (κ3) is 6.24. The number of ether oxygens (including phenoxy) is 1. The lowest BCUT2D eigenvalue weighted by Gasteiger charge is -2.27. The van der Waals surface area contributed by atoms with Crippen molar-refractivity contribution in [1.82, 2.24) is 25.0 Å². The molecule has 1 fully saturated rings. The predicted octanol–water partition coefficient (Wildman–Crippen LogP) is 5.63. The van der Waals surface area contributed by atoms with Crippen LogP contribution in [0.5, 0.6) is 5.75 Å². The van der Waals surface area contributed by atoms with Crippen molar-refractivity contribution in [3.8, 4) is 5.75 Å². The number of hydrogen-bond acceptors (Lipinski definition) is 7. The smallest absolute Gasteiger partial charge is 0.416 e. The molecule has 0 unspecified atom stereocenters. The molecule has 5 heterocycles. The number of nitrogens with one attached hydrogen (secondary N) is 2. The molecule has 1 amide bonds. The maximum Gasteiger partial charge on any atom is 0.416 e. The molecule has 8 nitrogen and oxygen atoms in total. The van der Waals surface area contributed by atoms with E-state index in [0.717, 1.165) is 83.9 Å². The lowest BCUT2D eigenvalue weighted by Crippen LogP contribution is -2.30. The third-order valence-corrected chi connectivity index (χ3v) is 8.72. The second kappa shape index (κ2) is 11.4. The summed E-state index contributed by atoms with van der Waals surface area (Å²) in [6.45, 7) is 7.01. The van der Waals surface area contributed by atoms with Crippen molar-refractivity contribution >= 4 is 34.0 Å². The molecule has 2 aliphatic heterocycles. The number of H-pyrrole nitrogens is 1. The number of likely N-dealkylation sites (tertiary alicyclic amines) is 1. The van der Waals surface area contributed by atoms with Gasteiger partial charge in [0, 0.05) is 59.8 Å². The van der Waals surface area contributed by atoms with Crippen LogP contribution in [0.2, 0.25) is 0 Å². The highest BCUT2D eigenvalue weighted by molar-refractivity contribution is 7.10. The van der Waals surface area contributed by atoms with E-state index >= 15 is 0 Å². The number of alkyl halides is 3. The Balaban J connectivity index is 1.13. The molecule has 1 aromatic carbocycles. The molecule has 41 heavy (non-hydrogen) atoms. The monoisotopic (exact) mass is 584 g/mol. The highest BCUT2D eigenvalue weighted by atomic mass is 32.1. The van der Waals surface area contributed by atoms with E-state index in [0.29, 0.717) is 25.1 Å². The van der Waals surface area contributed by atoms with Gasteiger partial charge in [-0.05, 0) is 68.6 Å². The number of carbonyl (C=O) groups excluding carboxylic acids is 1. The van der Waals surface area contributed by atoms with Crippen molar-refractivity contribution in [2.24, 2.45) is 0 Å². The number of fused-ring (bicyclic) bond motifs is 2. The Bertz CT molecular complexity index is 1560. The number of aryl methyl sites for hydroxylation is 1. The van der Waals surface area contributed by atoms with Crippen LogP contribution in [0.25, 0.3) is 11.0 Å². The van der Waals surface area contributed by atoms with E-state index < -0.39 is 17.6 Å². The molecule has 0 bridgehead atoms. The zero-order chi connectivity index (χ0) is 28.6. The molecule has 0 saturated carbocycles. The van der Waals surface area contributed by atoms with Crippen LogP contribution in [0.4, 0.5) is 18.9 Å². The van der Waals surface area contributed by atoms with E-state index in [-0.39, 0.29) is 18.0 Å². The summed E-state index contributed by atoms with van der Waals surface area (Å²) >= 11 is 1.50. The van der Waals surface area contributed by atoms with Crippen LogP contribution in [-0.4, -0.2) is 63.7 Å². The number of amides is 1. The minimum absolute atomic E-state index is 0.0656. The van der Waals surface area contributed by atoms with E-state index in [4.69, 9.17) is 4.74 Å². The summed E-state index contributed by atoms with van der Waals surface area (Å²) < 4.78 is 46.6. The van der Waals surface area contributed by atoms with E-state index in [1.165, 1.54) is 17.4 Å². The Hall–Kier alpha value is -3.48. The quantitative estimate of drug-likeness (QED) is 0.279. The minimum atomic E-state index is -4.56. The molecular weight excluding hydrogens is 553 g/mol. The first kappa shape index (κ1) is 27.7. The van der Waals surface area contributed by atoms with Gasteiger partial charge < -0.3 is 10.1 Å². The summed E-state index contributed by atoms with van der Waals surface area (Å²) in [7, 11) is 0. The van der Waals surface area contributed by atoms with Gasteiger partial charge in [-0.1, -0.05) is 0 Å². The number of anilines is 1. The van der Waals surface area contributed by atoms with Gasteiger partial charge in [0.1, 0.15) is 12.4 Å². The SMILES string of the molecule is Cc1n[nH]c2ncc(CN3CCc4c(C(=O)Nc5cc(OCCN6CCCC6)cc(C(F)(F)F)c5)csc4C3)cc12. The van der Waals surface area contributed by atoms with Gasteiger partial charge in [0.05, 0.1) is 16.8 Å². The lowest BCUT2D eigenvalue weighted by molar-refractivity contribution is -0.137. The zero-order valence-corrected chi connectivity index (χ0v) is 23.5. The van der Waals surface area contributed by atoms with Gasteiger partial charge in [0.2, 0.25) is 0 Å². The maximum absolute atomic E-state index is 13.6. The van der Waals surface area contributed by atoms with E-state index in [1.807, 2.05) is 13.1 Å². The maximum atomic E-state index is 13.6. The average molecular weight is 585 g/mol. The molecule has 216 valence electrons. The fourth-order valence-corrected chi connectivity index (χ4v) is 6.66. The van der Waals surface area contributed by atoms with E-state index in [1.54, 1.807) is 5.38 Å². The highest BCUT2D eigenvalue weighted by Crippen LogP contribution is 2.35. The first-order valence-corrected chi connectivity index (χ1v) is 14.6. The standard InChI is InChI=1S/C29H31F3N6O2S/c1-18-24-10-19(14-33-27(24)36-35-18)15-38-7-4-23-25(17-41-26(23)16-38)28(39)34-21-11-20(29(30,31)32)12-22(13-21)40-9-8-37-5-2-3-6-37/h10-14,17H,2-9,15-16H2,1H3,(H,34,39)(H,33,35,36). The van der Waals surface area contributed by atoms with Crippen molar-refractivity contribution in [2.45, 2.75) is 45.5 Å². The summed E-state index contributed by atoms with van der Waals surface area (Å²) in [5.41, 5.74) is 3.44. The number of pyridine rings is 1. The topological polar surface area (TPSA) is 86.4 Å². The number of nitrogens with zero attached hydrogens (tertiary/aromatic N) is 4. The van der Waals surface area contributed by atoms with Gasteiger partial charge in [-0.3, -0.25) is 19.7 Å². The minimum Gasteiger partial charge on any atom is -0.492 e. The van der Waals surface area contributed by atoms with Gasteiger partial charge in [-0.2, -0.15) is 18.3 Å². The Morgan fingerprint density at radius 3 is 2.78 bits per heavy atom. The molecule has 0 aliphatic carbocycles. The predicted molar refractivity (Wildman–Crippen MR) is 151 cm³/mol. The molecule has 2 aliphatic rings. The number of aromatic amines is 1. The molecule has 6 rings (SSSR count).